The standard InChI is InChI=1S/C19H25N3O4/c1-4-16-19(13(2)21-26-16)15-7-5-6-14(20-15)17-12-22(9-11-25-17)18(23)8-10-24-3/h5-7,17H,4,8-12H2,1-3H3/t17-/m0/s1. The Balaban J connectivity index is 1.79. The van der Waals surface area contributed by atoms with Crippen molar-refractivity contribution in [3.05, 3.63) is 35.3 Å². The summed E-state index contributed by atoms with van der Waals surface area (Å²) >= 11 is 0. The van der Waals surface area contributed by atoms with Crippen LogP contribution in [0.2, 0.25) is 0 Å². The first-order valence-electron chi connectivity index (χ1n) is 8.94. The van der Waals surface area contributed by atoms with Crippen molar-refractivity contribution in [3.63, 3.8) is 0 Å². The van der Waals surface area contributed by atoms with Gasteiger partial charge in [0.15, 0.2) is 0 Å². The van der Waals surface area contributed by atoms with Crippen LogP contribution >= 0.6 is 0 Å². The minimum absolute atomic E-state index is 0.0828. The van der Waals surface area contributed by atoms with Crippen molar-refractivity contribution in [3.8, 4) is 11.3 Å². The first kappa shape index (κ1) is 18.5. The number of pyridine rings is 1. The lowest BCUT2D eigenvalue weighted by Crippen LogP contribution is -2.42. The van der Waals surface area contributed by atoms with Crippen molar-refractivity contribution < 1.29 is 18.8 Å². The van der Waals surface area contributed by atoms with Gasteiger partial charge in [-0.05, 0) is 19.1 Å². The van der Waals surface area contributed by atoms with Crippen molar-refractivity contribution in [2.75, 3.05) is 33.4 Å². The topological polar surface area (TPSA) is 77.7 Å². The van der Waals surface area contributed by atoms with Gasteiger partial charge in [0, 0.05) is 20.1 Å². The molecule has 3 heterocycles. The molecule has 1 amide bonds. The minimum atomic E-state index is -0.236. The van der Waals surface area contributed by atoms with E-state index < -0.39 is 0 Å². The van der Waals surface area contributed by atoms with E-state index in [0.717, 1.165) is 34.8 Å². The largest absolute Gasteiger partial charge is 0.384 e. The van der Waals surface area contributed by atoms with Gasteiger partial charge in [0.05, 0.1) is 48.8 Å². The highest BCUT2D eigenvalue weighted by Gasteiger charge is 2.26. The van der Waals surface area contributed by atoms with Gasteiger partial charge < -0.3 is 18.9 Å². The predicted octanol–water partition coefficient (Wildman–Crippen LogP) is 2.54. The fourth-order valence-electron chi connectivity index (χ4n) is 3.16. The molecule has 0 saturated carbocycles. The Morgan fingerprint density at radius 2 is 2.27 bits per heavy atom. The van der Waals surface area contributed by atoms with Crippen molar-refractivity contribution in [1.29, 1.82) is 0 Å². The lowest BCUT2D eigenvalue weighted by molar-refractivity contribution is -0.140. The van der Waals surface area contributed by atoms with Crippen LogP contribution in [-0.2, 0) is 20.7 Å². The monoisotopic (exact) mass is 359 g/mol. The number of carbonyl (C=O) groups is 1. The van der Waals surface area contributed by atoms with Crippen molar-refractivity contribution in [2.45, 2.75) is 32.8 Å². The number of methoxy groups -OCH3 is 1. The molecule has 0 spiro atoms. The number of hydrogen-bond donors (Lipinski definition) is 0. The average Bonchev–Trinajstić information content (AvgIpc) is 3.07. The molecule has 0 radical (unpaired) electrons. The van der Waals surface area contributed by atoms with Gasteiger partial charge in [0.25, 0.3) is 0 Å². The molecule has 0 N–H and O–H groups in total. The molecular weight excluding hydrogens is 334 g/mol. The van der Waals surface area contributed by atoms with Gasteiger partial charge in [0.1, 0.15) is 11.9 Å². The highest BCUT2D eigenvalue weighted by molar-refractivity contribution is 5.76. The van der Waals surface area contributed by atoms with E-state index in [9.17, 15) is 4.79 Å². The predicted molar refractivity (Wildman–Crippen MR) is 95.6 cm³/mol. The van der Waals surface area contributed by atoms with Gasteiger partial charge in [0.2, 0.25) is 5.91 Å². The molecule has 1 fully saturated rings. The molecule has 0 bridgehead atoms. The van der Waals surface area contributed by atoms with Crippen LogP contribution in [-0.4, -0.2) is 54.4 Å². The second-order valence-electron chi connectivity index (χ2n) is 6.31. The van der Waals surface area contributed by atoms with Crippen LogP contribution in [0.25, 0.3) is 11.3 Å². The SMILES string of the molecule is CCc1onc(C)c1-c1cccc([C@@H]2CN(C(=O)CCOC)CCO2)n1. The molecule has 26 heavy (non-hydrogen) atoms. The zero-order valence-electron chi connectivity index (χ0n) is 15.5. The van der Waals surface area contributed by atoms with Crippen molar-refractivity contribution >= 4 is 5.91 Å². The summed E-state index contributed by atoms with van der Waals surface area (Å²) in [5.74, 6) is 0.910. The number of ether oxygens (including phenoxy) is 2. The molecule has 7 nitrogen and oxygen atoms in total. The molecule has 2 aromatic heterocycles. The second kappa shape index (κ2) is 8.42. The number of nitrogens with zero attached hydrogens (tertiary/aromatic N) is 3. The van der Waals surface area contributed by atoms with Gasteiger partial charge in [-0.15, -0.1) is 0 Å². The maximum Gasteiger partial charge on any atom is 0.225 e. The summed E-state index contributed by atoms with van der Waals surface area (Å²) in [7, 11) is 1.60. The van der Waals surface area contributed by atoms with E-state index in [4.69, 9.17) is 19.0 Å². The highest BCUT2D eigenvalue weighted by Crippen LogP contribution is 2.29. The smallest absolute Gasteiger partial charge is 0.225 e. The van der Waals surface area contributed by atoms with E-state index in [1.54, 1.807) is 7.11 Å². The normalized spacial score (nSPS) is 17.5. The maximum absolute atomic E-state index is 12.3. The molecule has 2 aromatic rings. The third-order valence-electron chi connectivity index (χ3n) is 4.55. The number of amides is 1. The Hall–Kier alpha value is -2.25. The molecule has 1 aliphatic heterocycles. The first-order valence-corrected chi connectivity index (χ1v) is 8.94. The molecule has 7 heteroatoms. The summed E-state index contributed by atoms with van der Waals surface area (Å²) in [4.78, 5) is 18.9. The molecule has 3 rings (SSSR count). The van der Waals surface area contributed by atoms with Crippen LogP contribution < -0.4 is 0 Å². The number of rotatable bonds is 6. The summed E-state index contributed by atoms with van der Waals surface area (Å²) in [6, 6.07) is 5.84. The fourth-order valence-corrected chi connectivity index (χ4v) is 3.16. The highest BCUT2D eigenvalue weighted by atomic mass is 16.5. The quantitative estimate of drug-likeness (QED) is 0.789. The number of aromatic nitrogens is 2. The second-order valence-corrected chi connectivity index (χ2v) is 6.31. The summed E-state index contributed by atoms with van der Waals surface area (Å²) < 4.78 is 16.3. The van der Waals surface area contributed by atoms with E-state index in [2.05, 4.69) is 5.16 Å². The molecule has 140 valence electrons. The van der Waals surface area contributed by atoms with Gasteiger partial charge in [-0.1, -0.05) is 18.1 Å². The summed E-state index contributed by atoms with van der Waals surface area (Å²) in [5, 5.41) is 4.06. The van der Waals surface area contributed by atoms with E-state index in [0.29, 0.717) is 32.7 Å². The van der Waals surface area contributed by atoms with Gasteiger partial charge in [-0.2, -0.15) is 0 Å². The Bertz CT molecular complexity index is 759. The molecule has 0 aliphatic carbocycles. The van der Waals surface area contributed by atoms with E-state index in [1.807, 2.05) is 36.9 Å². The van der Waals surface area contributed by atoms with Gasteiger partial charge in [-0.25, -0.2) is 4.98 Å². The number of carbonyl (C=O) groups excluding carboxylic acids is 1. The van der Waals surface area contributed by atoms with E-state index >= 15 is 0 Å². The third kappa shape index (κ3) is 3.94. The van der Waals surface area contributed by atoms with Crippen LogP contribution in [0.1, 0.15) is 36.6 Å². The summed E-state index contributed by atoms with van der Waals surface area (Å²) in [5.41, 5.74) is 3.41. The minimum Gasteiger partial charge on any atom is -0.384 e. The van der Waals surface area contributed by atoms with Crippen LogP contribution in [0.15, 0.2) is 22.7 Å². The van der Waals surface area contributed by atoms with Crippen LogP contribution in [0.4, 0.5) is 0 Å². The number of aryl methyl sites for hydroxylation is 2. The third-order valence-corrected chi connectivity index (χ3v) is 4.55. The Morgan fingerprint density at radius 1 is 1.42 bits per heavy atom. The molecular formula is C19H25N3O4. The molecule has 1 saturated heterocycles. The lowest BCUT2D eigenvalue weighted by Gasteiger charge is -2.32. The first-order chi connectivity index (χ1) is 12.6. The van der Waals surface area contributed by atoms with Gasteiger partial charge >= 0.3 is 0 Å². The van der Waals surface area contributed by atoms with Crippen molar-refractivity contribution in [1.82, 2.24) is 15.0 Å². The zero-order chi connectivity index (χ0) is 18.5. The Morgan fingerprint density at radius 3 is 3.04 bits per heavy atom. The van der Waals surface area contributed by atoms with Crippen LogP contribution in [0.3, 0.4) is 0 Å². The molecule has 0 unspecified atom stereocenters. The summed E-state index contributed by atoms with van der Waals surface area (Å²) in [6.07, 6.45) is 0.903. The van der Waals surface area contributed by atoms with Crippen LogP contribution in [0, 0.1) is 6.92 Å². The Kier molecular flexibility index (Phi) is 6.00. The Labute approximate surface area is 153 Å². The summed E-state index contributed by atoms with van der Waals surface area (Å²) in [6.45, 7) is 5.98. The number of morpholine rings is 1. The maximum atomic E-state index is 12.3. The number of hydrogen-bond acceptors (Lipinski definition) is 6. The molecule has 1 atom stereocenters. The average molecular weight is 359 g/mol. The lowest BCUT2D eigenvalue weighted by atomic mass is 10.1. The van der Waals surface area contributed by atoms with Crippen molar-refractivity contribution in [2.24, 2.45) is 0 Å². The molecule has 0 aromatic carbocycles. The molecule has 1 aliphatic rings. The zero-order valence-corrected chi connectivity index (χ0v) is 15.5. The fraction of sp³-hybridized carbons (Fsp3) is 0.526. The van der Waals surface area contributed by atoms with E-state index in [1.165, 1.54) is 0 Å². The van der Waals surface area contributed by atoms with Crippen LogP contribution in [0.5, 0.6) is 0 Å². The van der Waals surface area contributed by atoms with E-state index in [-0.39, 0.29) is 12.0 Å². The van der Waals surface area contributed by atoms with Gasteiger partial charge in [-0.3, -0.25) is 4.79 Å².